The molecule has 1 aliphatic carbocycles. The molecule has 1 heterocycles. The van der Waals surface area contributed by atoms with Crippen molar-refractivity contribution in [3.63, 3.8) is 0 Å². The maximum atomic E-state index is 9.02. The molecule has 0 spiro atoms. The Morgan fingerprint density at radius 3 is 3.00 bits per heavy atom. The first-order valence-electron chi connectivity index (χ1n) is 6.22. The van der Waals surface area contributed by atoms with Crippen LogP contribution in [-0.4, -0.2) is 31.2 Å². The average Bonchev–Trinajstić information content (AvgIpc) is 2.60. The van der Waals surface area contributed by atoms with E-state index >= 15 is 0 Å². The van der Waals surface area contributed by atoms with E-state index in [2.05, 4.69) is 13.0 Å². The number of aliphatic hydroxyl groups excluding tert-OH is 1. The molecule has 1 aliphatic heterocycles. The lowest BCUT2D eigenvalue weighted by Gasteiger charge is -2.19. The zero-order valence-corrected chi connectivity index (χ0v) is 10.2. The van der Waals surface area contributed by atoms with Crippen molar-refractivity contribution in [3.05, 3.63) is 11.6 Å². The molecule has 3 heteroatoms. The van der Waals surface area contributed by atoms with Crippen LogP contribution in [0.15, 0.2) is 11.6 Å². The molecule has 92 valence electrons. The molecular weight excluding hydrogens is 204 g/mol. The van der Waals surface area contributed by atoms with E-state index in [-0.39, 0.29) is 12.9 Å². The molecule has 1 N–H and O–H groups in total. The van der Waals surface area contributed by atoms with Gasteiger partial charge >= 0.3 is 0 Å². The summed E-state index contributed by atoms with van der Waals surface area (Å²) in [5, 5.41) is 9.02. The van der Waals surface area contributed by atoms with Gasteiger partial charge in [-0.3, -0.25) is 0 Å². The fraction of sp³-hybridized carbons (Fsp3) is 0.846. The summed E-state index contributed by atoms with van der Waals surface area (Å²) in [6.45, 7) is 2.49. The number of ether oxygens (including phenoxy) is 2. The second-order valence-electron chi connectivity index (χ2n) is 4.96. The molecule has 2 rings (SSSR count). The molecule has 0 amide bonds. The minimum atomic E-state index is -0.00464. The van der Waals surface area contributed by atoms with Gasteiger partial charge in [0, 0.05) is 20.1 Å². The molecule has 0 aromatic carbocycles. The Balaban J connectivity index is 2.01. The third-order valence-electron chi connectivity index (χ3n) is 3.91. The second kappa shape index (κ2) is 5.30. The summed E-state index contributed by atoms with van der Waals surface area (Å²) in [6.07, 6.45) is 6.61. The van der Waals surface area contributed by atoms with Crippen molar-refractivity contribution in [1.82, 2.24) is 0 Å². The van der Waals surface area contributed by atoms with Crippen molar-refractivity contribution in [2.75, 3.05) is 13.7 Å². The van der Waals surface area contributed by atoms with Gasteiger partial charge in [0.05, 0.1) is 6.10 Å². The molecule has 4 atom stereocenters. The van der Waals surface area contributed by atoms with Gasteiger partial charge in [0.1, 0.15) is 0 Å². The Morgan fingerprint density at radius 1 is 1.50 bits per heavy atom. The number of hydrogen-bond acceptors (Lipinski definition) is 3. The minimum absolute atomic E-state index is 0.00464. The lowest BCUT2D eigenvalue weighted by Crippen LogP contribution is -2.18. The van der Waals surface area contributed by atoms with Gasteiger partial charge in [0.2, 0.25) is 0 Å². The molecule has 1 saturated heterocycles. The van der Waals surface area contributed by atoms with Crippen LogP contribution in [0.3, 0.4) is 0 Å². The van der Waals surface area contributed by atoms with E-state index in [0.29, 0.717) is 17.9 Å². The number of methoxy groups -OCH3 is 1. The summed E-state index contributed by atoms with van der Waals surface area (Å²) < 4.78 is 11.1. The van der Waals surface area contributed by atoms with Crippen molar-refractivity contribution < 1.29 is 14.6 Å². The Morgan fingerprint density at radius 2 is 2.31 bits per heavy atom. The highest BCUT2D eigenvalue weighted by Crippen LogP contribution is 2.38. The third-order valence-corrected chi connectivity index (χ3v) is 3.91. The standard InChI is InChI=1S/C13H22O3/c1-9-7-12-11(8-13(15-2)16-12)4-3-10(9)5-6-14/h3,9,11-14H,4-8H2,1-2H3/t9-,11+,12-,13?/m0/s1. The lowest BCUT2D eigenvalue weighted by molar-refractivity contribution is -0.118. The van der Waals surface area contributed by atoms with Crippen LogP contribution in [-0.2, 0) is 9.47 Å². The van der Waals surface area contributed by atoms with Crippen LogP contribution < -0.4 is 0 Å². The van der Waals surface area contributed by atoms with Crippen LogP contribution in [0.1, 0.15) is 32.6 Å². The first-order chi connectivity index (χ1) is 7.74. The predicted octanol–water partition coefficient (Wildman–Crippen LogP) is 2.10. The van der Waals surface area contributed by atoms with Crippen LogP contribution in [0, 0.1) is 11.8 Å². The molecule has 1 unspecified atom stereocenters. The molecule has 0 aromatic rings. The van der Waals surface area contributed by atoms with E-state index in [1.807, 2.05) is 0 Å². The monoisotopic (exact) mass is 226 g/mol. The normalized spacial score (nSPS) is 39.1. The number of fused-ring (bicyclic) bond motifs is 1. The van der Waals surface area contributed by atoms with Gasteiger partial charge in [0.15, 0.2) is 6.29 Å². The van der Waals surface area contributed by atoms with Gasteiger partial charge < -0.3 is 14.6 Å². The summed E-state index contributed by atoms with van der Waals surface area (Å²) in [5.41, 5.74) is 1.40. The molecular formula is C13H22O3. The van der Waals surface area contributed by atoms with Gasteiger partial charge in [0.25, 0.3) is 0 Å². The summed E-state index contributed by atoms with van der Waals surface area (Å²) in [4.78, 5) is 0. The third kappa shape index (κ3) is 2.47. The van der Waals surface area contributed by atoms with Gasteiger partial charge in [-0.05, 0) is 31.1 Å². The smallest absolute Gasteiger partial charge is 0.157 e. The SMILES string of the molecule is COC1C[C@H]2CC=C(CCO)[C@@H](C)C[C@@H]2O1. The molecule has 2 aliphatic rings. The van der Waals surface area contributed by atoms with Crippen molar-refractivity contribution >= 4 is 0 Å². The topological polar surface area (TPSA) is 38.7 Å². The fourth-order valence-corrected chi connectivity index (χ4v) is 2.89. The minimum Gasteiger partial charge on any atom is -0.396 e. The molecule has 1 fully saturated rings. The molecule has 0 saturated carbocycles. The fourth-order valence-electron chi connectivity index (χ4n) is 2.89. The molecule has 16 heavy (non-hydrogen) atoms. The highest BCUT2D eigenvalue weighted by atomic mass is 16.7. The summed E-state index contributed by atoms with van der Waals surface area (Å²) in [7, 11) is 1.71. The zero-order chi connectivity index (χ0) is 11.5. The quantitative estimate of drug-likeness (QED) is 0.749. The van der Waals surface area contributed by atoms with E-state index in [0.717, 1.165) is 25.7 Å². The maximum Gasteiger partial charge on any atom is 0.157 e. The average molecular weight is 226 g/mol. The van der Waals surface area contributed by atoms with Crippen LogP contribution in [0.4, 0.5) is 0 Å². The summed E-state index contributed by atoms with van der Waals surface area (Å²) in [5.74, 6) is 1.13. The Hall–Kier alpha value is -0.380. The zero-order valence-electron chi connectivity index (χ0n) is 10.2. The van der Waals surface area contributed by atoms with Crippen LogP contribution in [0.25, 0.3) is 0 Å². The van der Waals surface area contributed by atoms with Crippen molar-refractivity contribution in [2.45, 2.75) is 45.0 Å². The van der Waals surface area contributed by atoms with Crippen molar-refractivity contribution in [3.8, 4) is 0 Å². The van der Waals surface area contributed by atoms with E-state index in [1.165, 1.54) is 5.57 Å². The van der Waals surface area contributed by atoms with Crippen molar-refractivity contribution in [2.24, 2.45) is 11.8 Å². The molecule has 0 radical (unpaired) electrons. The van der Waals surface area contributed by atoms with Crippen LogP contribution >= 0.6 is 0 Å². The maximum absolute atomic E-state index is 9.02. The first kappa shape index (κ1) is 12.1. The van der Waals surface area contributed by atoms with E-state index < -0.39 is 0 Å². The van der Waals surface area contributed by atoms with Gasteiger partial charge in [-0.15, -0.1) is 0 Å². The van der Waals surface area contributed by atoms with Gasteiger partial charge in [-0.1, -0.05) is 18.6 Å². The Bertz CT molecular complexity index is 262. The van der Waals surface area contributed by atoms with Crippen LogP contribution in [0.5, 0.6) is 0 Å². The number of aliphatic hydroxyl groups is 1. The van der Waals surface area contributed by atoms with E-state index in [4.69, 9.17) is 14.6 Å². The Kier molecular flexibility index (Phi) is 4.00. The summed E-state index contributed by atoms with van der Waals surface area (Å²) >= 11 is 0. The number of allylic oxidation sites excluding steroid dienone is 1. The predicted molar refractivity (Wildman–Crippen MR) is 62.0 cm³/mol. The second-order valence-corrected chi connectivity index (χ2v) is 4.96. The van der Waals surface area contributed by atoms with Gasteiger partial charge in [-0.25, -0.2) is 0 Å². The lowest BCUT2D eigenvalue weighted by atomic mass is 9.92. The number of hydrogen-bond donors (Lipinski definition) is 1. The van der Waals surface area contributed by atoms with Crippen molar-refractivity contribution in [1.29, 1.82) is 0 Å². The van der Waals surface area contributed by atoms with E-state index in [9.17, 15) is 0 Å². The molecule has 0 bridgehead atoms. The molecule has 3 nitrogen and oxygen atoms in total. The first-order valence-corrected chi connectivity index (χ1v) is 6.22. The highest BCUT2D eigenvalue weighted by molar-refractivity contribution is 5.10. The van der Waals surface area contributed by atoms with E-state index in [1.54, 1.807) is 7.11 Å². The summed E-state index contributed by atoms with van der Waals surface area (Å²) in [6, 6.07) is 0. The number of rotatable bonds is 3. The Labute approximate surface area is 97.4 Å². The van der Waals surface area contributed by atoms with Crippen LogP contribution in [0.2, 0.25) is 0 Å². The molecule has 0 aromatic heterocycles. The highest BCUT2D eigenvalue weighted by Gasteiger charge is 2.37. The largest absolute Gasteiger partial charge is 0.396 e. The van der Waals surface area contributed by atoms with Gasteiger partial charge in [-0.2, -0.15) is 0 Å².